The number of nitriles is 1. The molecule has 2 N–H and O–H groups in total. The maximum Gasteiger partial charge on any atom is 0.239 e. The van der Waals surface area contributed by atoms with Crippen molar-refractivity contribution in [1.29, 1.82) is 5.26 Å². The number of benzene rings is 2. The summed E-state index contributed by atoms with van der Waals surface area (Å²) in [7, 11) is 1.64. The largest absolute Gasteiger partial charge is 0.486 e. The molecule has 1 amide bonds. The number of aliphatic imine (C=N–C) groups is 1. The van der Waals surface area contributed by atoms with Crippen LogP contribution in [-0.2, 0) is 10.3 Å². The topological polar surface area (TPSA) is 101 Å². The summed E-state index contributed by atoms with van der Waals surface area (Å²) in [4.78, 5) is 20.6. The fourth-order valence-electron chi connectivity index (χ4n) is 4.35. The van der Waals surface area contributed by atoms with Crippen LogP contribution < -0.4 is 15.2 Å². The van der Waals surface area contributed by atoms with Crippen molar-refractivity contribution in [2.75, 3.05) is 20.3 Å². The summed E-state index contributed by atoms with van der Waals surface area (Å²) < 4.78 is 11.4. The number of thiophene rings is 1. The quantitative estimate of drug-likeness (QED) is 0.643. The third-order valence-electron chi connectivity index (χ3n) is 6.15. The number of hydrogen-bond acceptors (Lipinski definition) is 7. The molecule has 5 rings (SSSR count). The molecule has 7 nitrogen and oxygen atoms in total. The minimum absolute atomic E-state index is 0.136. The van der Waals surface area contributed by atoms with Crippen LogP contribution in [0.25, 0.3) is 11.1 Å². The number of likely N-dealkylation sites (N-methyl/N-ethyl adjacent to an activating group) is 1. The second-order valence-electron chi connectivity index (χ2n) is 8.24. The Morgan fingerprint density at radius 1 is 1.15 bits per heavy atom. The van der Waals surface area contributed by atoms with Crippen LogP contribution in [0, 0.1) is 11.3 Å². The van der Waals surface area contributed by atoms with E-state index < -0.39 is 11.5 Å². The van der Waals surface area contributed by atoms with Crippen molar-refractivity contribution in [2.24, 2.45) is 10.7 Å². The Balaban J connectivity index is 1.61. The number of rotatable bonds is 3. The van der Waals surface area contributed by atoms with E-state index in [9.17, 15) is 10.1 Å². The van der Waals surface area contributed by atoms with Crippen molar-refractivity contribution in [3.63, 3.8) is 0 Å². The lowest BCUT2D eigenvalue weighted by Crippen LogP contribution is -2.52. The highest BCUT2D eigenvalue weighted by atomic mass is 32.1. The summed E-state index contributed by atoms with van der Waals surface area (Å²) in [6.07, 6.45) is 0. The van der Waals surface area contributed by atoms with Gasteiger partial charge in [-0.15, -0.1) is 11.3 Å². The molecule has 33 heavy (non-hydrogen) atoms. The molecular weight excluding hydrogens is 436 g/mol. The second kappa shape index (κ2) is 7.94. The van der Waals surface area contributed by atoms with Crippen LogP contribution in [0.3, 0.4) is 0 Å². The lowest BCUT2D eigenvalue weighted by molar-refractivity contribution is -0.130. The standard InChI is InChI=1S/C25H22N4O3S/c1-25(21-12-18(14-33-21)16-5-3-4-15(10-16)13-26)22(23(30)29(2)24(27)28-25)17-6-7-19-20(11-17)32-9-8-31-19/h3-7,10-12,14,22H,8-9H2,1-2H3,(H2,27,28)/t22-,25?/m0/s1. The first kappa shape index (κ1) is 21.0. The second-order valence-corrected chi connectivity index (χ2v) is 9.15. The van der Waals surface area contributed by atoms with E-state index in [2.05, 4.69) is 6.07 Å². The Bertz CT molecular complexity index is 1330. The molecule has 0 fully saturated rings. The molecule has 0 spiro atoms. The van der Waals surface area contributed by atoms with Gasteiger partial charge < -0.3 is 15.2 Å². The predicted molar refractivity (Wildman–Crippen MR) is 126 cm³/mol. The van der Waals surface area contributed by atoms with Crippen molar-refractivity contribution in [1.82, 2.24) is 4.90 Å². The monoisotopic (exact) mass is 458 g/mol. The number of nitrogens with zero attached hydrogens (tertiary/aromatic N) is 3. The Morgan fingerprint density at radius 2 is 1.94 bits per heavy atom. The van der Waals surface area contributed by atoms with Gasteiger partial charge in [-0.25, -0.2) is 4.99 Å². The minimum atomic E-state index is -0.910. The zero-order valence-corrected chi connectivity index (χ0v) is 19.1. The number of ether oxygens (including phenoxy) is 2. The molecule has 1 unspecified atom stereocenters. The zero-order chi connectivity index (χ0) is 23.2. The van der Waals surface area contributed by atoms with E-state index in [0.717, 1.165) is 21.6 Å². The van der Waals surface area contributed by atoms with E-state index >= 15 is 0 Å². The summed E-state index contributed by atoms with van der Waals surface area (Å²) in [5.41, 5.74) is 8.55. The third-order valence-corrected chi connectivity index (χ3v) is 7.31. The minimum Gasteiger partial charge on any atom is -0.486 e. The van der Waals surface area contributed by atoms with Crippen molar-refractivity contribution < 1.29 is 14.3 Å². The Kier molecular flexibility index (Phi) is 5.06. The Morgan fingerprint density at radius 3 is 2.73 bits per heavy atom. The number of nitrogens with two attached hydrogens (primary N) is 1. The van der Waals surface area contributed by atoms with Crippen LogP contribution in [0.5, 0.6) is 11.5 Å². The van der Waals surface area contributed by atoms with Gasteiger partial charge in [-0.3, -0.25) is 9.69 Å². The number of amides is 1. The molecule has 0 saturated carbocycles. The van der Waals surface area contributed by atoms with Gasteiger partial charge in [-0.05, 0) is 59.3 Å². The van der Waals surface area contributed by atoms with Crippen LogP contribution in [0.4, 0.5) is 0 Å². The van der Waals surface area contributed by atoms with Gasteiger partial charge in [0.15, 0.2) is 17.5 Å². The number of carbonyl (C=O) groups excluding carboxylic acids is 1. The van der Waals surface area contributed by atoms with Crippen LogP contribution in [0.15, 0.2) is 58.9 Å². The molecule has 0 radical (unpaired) electrons. The average molecular weight is 459 g/mol. The van der Waals surface area contributed by atoms with Crippen LogP contribution in [-0.4, -0.2) is 37.0 Å². The molecule has 0 aliphatic carbocycles. The number of hydrogen-bond donors (Lipinski definition) is 1. The summed E-state index contributed by atoms with van der Waals surface area (Å²) in [5.74, 6) is 0.741. The summed E-state index contributed by atoms with van der Waals surface area (Å²) in [5, 5.41) is 11.3. The van der Waals surface area contributed by atoms with Crippen molar-refractivity contribution in [3.05, 3.63) is 69.9 Å². The predicted octanol–water partition coefficient (Wildman–Crippen LogP) is 3.84. The molecule has 2 aliphatic rings. The lowest BCUT2D eigenvalue weighted by atomic mass is 9.77. The molecule has 2 aromatic carbocycles. The first-order valence-corrected chi connectivity index (χ1v) is 11.4. The highest BCUT2D eigenvalue weighted by Crippen LogP contribution is 2.48. The highest BCUT2D eigenvalue weighted by molar-refractivity contribution is 7.10. The molecule has 0 bridgehead atoms. The highest BCUT2D eigenvalue weighted by Gasteiger charge is 2.48. The number of carbonyl (C=O) groups is 1. The molecule has 1 aromatic heterocycles. The fourth-order valence-corrected chi connectivity index (χ4v) is 5.40. The lowest BCUT2D eigenvalue weighted by Gasteiger charge is -2.40. The Hall–Kier alpha value is -3.83. The van der Waals surface area contributed by atoms with Crippen LogP contribution in [0.2, 0.25) is 0 Å². The van der Waals surface area contributed by atoms with E-state index in [1.54, 1.807) is 13.1 Å². The molecule has 3 heterocycles. The molecular formula is C25H22N4O3S. The van der Waals surface area contributed by atoms with Gasteiger partial charge >= 0.3 is 0 Å². The zero-order valence-electron chi connectivity index (χ0n) is 18.2. The number of guanidine groups is 1. The molecule has 166 valence electrons. The number of fused-ring (bicyclic) bond motifs is 1. The molecule has 8 heteroatoms. The summed E-state index contributed by atoms with van der Waals surface area (Å²) >= 11 is 1.52. The van der Waals surface area contributed by atoms with E-state index in [1.165, 1.54) is 16.2 Å². The maximum atomic E-state index is 13.5. The first-order valence-electron chi connectivity index (χ1n) is 10.5. The van der Waals surface area contributed by atoms with E-state index in [-0.39, 0.29) is 11.9 Å². The third kappa shape index (κ3) is 3.51. The van der Waals surface area contributed by atoms with Crippen molar-refractivity contribution in [3.8, 4) is 28.7 Å². The molecule has 0 saturated heterocycles. The molecule has 2 atom stereocenters. The molecule has 3 aromatic rings. The van der Waals surface area contributed by atoms with Crippen LogP contribution in [0.1, 0.15) is 28.8 Å². The van der Waals surface area contributed by atoms with E-state index in [4.69, 9.17) is 20.2 Å². The normalized spacial score (nSPS) is 22.0. The van der Waals surface area contributed by atoms with Gasteiger partial charge in [0.2, 0.25) is 5.91 Å². The van der Waals surface area contributed by atoms with Crippen molar-refractivity contribution >= 4 is 23.2 Å². The van der Waals surface area contributed by atoms with Gasteiger partial charge in [0.1, 0.15) is 18.8 Å². The first-order chi connectivity index (χ1) is 15.9. The average Bonchev–Trinajstić information content (AvgIpc) is 3.34. The van der Waals surface area contributed by atoms with Gasteiger partial charge in [0, 0.05) is 11.9 Å². The maximum absolute atomic E-state index is 13.5. The smallest absolute Gasteiger partial charge is 0.239 e. The summed E-state index contributed by atoms with van der Waals surface area (Å²) in [6, 6.07) is 17.3. The molecule has 2 aliphatic heterocycles. The Labute approximate surface area is 195 Å². The summed E-state index contributed by atoms with van der Waals surface area (Å²) in [6.45, 7) is 2.90. The van der Waals surface area contributed by atoms with E-state index in [1.807, 2.05) is 54.8 Å². The van der Waals surface area contributed by atoms with Gasteiger partial charge in [0.05, 0.1) is 17.6 Å². The van der Waals surface area contributed by atoms with Gasteiger partial charge in [0.25, 0.3) is 0 Å². The SMILES string of the molecule is CN1C(=O)[C@H](c2ccc3c(c2)OCCO3)C(C)(c2cc(-c3cccc(C#N)c3)cs2)N=C1N. The van der Waals surface area contributed by atoms with Gasteiger partial charge in [-0.1, -0.05) is 18.2 Å². The van der Waals surface area contributed by atoms with E-state index in [0.29, 0.717) is 30.3 Å². The van der Waals surface area contributed by atoms with Crippen molar-refractivity contribution in [2.45, 2.75) is 18.4 Å². The fraction of sp³-hybridized carbons (Fsp3) is 0.240. The van der Waals surface area contributed by atoms with Crippen LogP contribution >= 0.6 is 11.3 Å². The van der Waals surface area contributed by atoms with Gasteiger partial charge in [-0.2, -0.15) is 5.26 Å².